The molecule has 9 aromatic rings. The Labute approximate surface area is 435 Å². The maximum absolute atomic E-state index is 5.47. The molecule has 0 radical (unpaired) electrons. The van der Waals surface area contributed by atoms with Gasteiger partial charge in [0.25, 0.3) is 0 Å². The third-order valence-electron chi connectivity index (χ3n) is 11.7. The molecular formula is C56H50CsN3O4. The van der Waals surface area contributed by atoms with Crippen LogP contribution >= 0.6 is 0 Å². The zero-order valence-electron chi connectivity index (χ0n) is 37.3. The van der Waals surface area contributed by atoms with Crippen molar-refractivity contribution < 1.29 is 87.8 Å². The molecule has 0 aliphatic carbocycles. The summed E-state index contributed by atoms with van der Waals surface area (Å²) in [6.45, 7) is 3.05. The maximum Gasteiger partial charge on any atom is 1.00 e. The summed E-state index contributed by atoms with van der Waals surface area (Å²) in [5.74, 6) is 3.26. The summed E-state index contributed by atoms with van der Waals surface area (Å²) in [5.41, 5.74) is 13.3. The monoisotopic (exact) mass is 961 g/mol. The van der Waals surface area contributed by atoms with Crippen molar-refractivity contribution in [3.8, 4) is 45.3 Å². The summed E-state index contributed by atoms with van der Waals surface area (Å²) < 4.78 is 24.3. The number of benzene rings is 8. The summed E-state index contributed by atoms with van der Waals surface area (Å²) in [7, 11) is 6.76. The molecular weight excluding hydrogens is 912 g/mol. The van der Waals surface area contributed by atoms with E-state index < -0.39 is 0 Å². The molecule has 1 aromatic heterocycles. The van der Waals surface area contributed by atoms with Gasteiger partial charge in [0.05, 0.1) is 28.4 Å². The van der Waals surface area contributed by atoms with E-state index in [9.17, 15) is 0 Å². The standard InChI is InChI=1S/C56H50N3O4.Cs/c1-6-7-36-57-55-34-12-41(39-8-14-43(15-9-39)58(45-18-26-49(60-2)27-19-45)46-20-28-50(61-3)29-21-46)37-53(55)54-38-42(13-35-56(54)57)40-10-16-44(17-11-40)59(47-22-30-51(62-4)31-23-47)48-24-32-52(63-5)33-25-48;/h6,8-35,37-38H,7,36H2,1-5H3;/q-1;+1. The van der Waals surface area contributed by atoms with Gasteiger partial charge in [-0.05, 0) is 174 Å². The molecule has 0 N–H and O–H groups in total. The number of fused-ring (bicyclic) bond motifs is 3. The van der Waals surface area contributed by atoms with E-state index in [2.05, 4.69) is 161 Å². The SMILES string of the molecule is C[CH-]CCn1c2ccc(-c3ccc(N(c4ccc(OC)cc4)c4ccc(OC)cc4)cc3)cc2c2cc(-c3ccc(N(c4ccc(OC)cc4)c4ccc(OC)cc4)cc3)ccc21.[Cs+]. The van der Waals surface area contributed by atoms with Crippen molar-refractivity contribution >= 4 is 55.9 Å². The van der Waals surface area contributed by atoms with Crippen molar-refractivity contribution in [2.45, 2.75) is 19.9 Å². The molecule has 0 saturated carbocycles. The Bertz CT molecular complexity index is 2650. The van der Waals surface area contributed by atoms with Crippen molar-refractivity contribution in [2.24, 2.45) is 0 Å². The van der Waals surface area contributed by atoms with Crippen LogP contribution in [0.15, 0.2) is 182 Å². The molecule has 7 nitrogen and oxygen atoms in total. The first-order valence-corrected chi connectivity index (χ1v) is 21.2. The van der Waals surface area contributed by atoms with E-state index in [1.54, 1.807) is 28.4 Å². The fraction of sp³-hybridized carbons (Fsp3) is 0.125. The molecule has 0 saturated heterocycles. The van der Waals surface area contributed by atoms with Crippen molar-refractivity contribution in [2.75, 3.05) is 38.2 Å². The molecule has 64 heavy (non-hydrogen) atoms. The Morgan fingerprint density at radius 2 is 0.641 bits per heavy atom. The molecule has 8 heteroatoms. The van der Waals surface area contributed by atoms with Gasteiger partial charge in [0.15, 0.2) is 0 Å². The van der Waals surface area contributed by atoms with Crippen LogP contribution in [-0.4, -0.2) is 33.0 Å². The van der Waals surface area contributed by atoms with Gasteiger partial charge in [0.2, 0.25) is 0 Å². The van der Waals surface area contributed by atoms with Gasteiger partial charge in [-0.3, -0.25) is 0 Å². The van der Waals surface area contributed by atoms with E-state index in [4.69, 9.17) is 18.9 Å². The van der Waals surface area contributed by atoms with Crippen molar-refractivity contribution in [3.63, 3.8) is 0 Å². The molecule has 0 bridgehead atoms. The first-order chi connectivity index (χ1) is 31.0. The molecule has 0 aliphatic rings. The fourth-order valence-electron chi connectivity index (χ4n) is 8.39. The fourth-order valence-corrected chi connectivity index (χ4v) is 8.39. The Hall–Kier alpha value is -5.59. The number of methoxy groups -OCH3 is 4. The average molecular weight is 962 g/mol. The summed E-state index contributed by atoms with van der Waals surface area (Å²) in [6, 6.07) is 64.1. The van der Waals surface area contributed by atoms with Crippen LogP contribution in [0.3, 0.4) is 0 Å². The van der Waals surface area contributed by atoms with Crippen LogP contribution in [0.1, 0.15) is 13.3 Å². The smallest absolute Gasteiger partial charge is 0.497 e. The Morgan fingerprint density at radius 3 is 0.906 bits per heavy atom. The van der Waals surface area contributed by atoms with E-state index in [0.717, 1.165) is 81.2 Å². The van der Waals surface area contributed by atoms with E-state index in [1.165, 1.54) is 32.9 Å². The minimum atomic E-state index is 0. The van der Waals surface area contributed by atoms with Crippen molar-refractivity contribution in [1.29, 1.82) is 0 Å². The Morgan fingerprint density at radius 1 is 0.375 bits per heavy atom. The molecule has 1 heterocycles. The predicted octanol–water partition coefficient (Wildman–Crippen LogP) is 11.7. The normalized spacial score (nSPS) is 11.0. The topological polar surface area (TPSA) is 48.3 Å². The largest absolute Gasteiger partial charge is 1.00 e. The predicted molar refractivity (Wildman–Crippen MR) is 260 cm³/mol. The van der Waals surface area contributed by atoms with Gasteiger partial charge in [-0.2, -0.15) is 13.3 Å². The quantitative estimate of drug-likeness (QED) is 0.0954. The van der Waals surface area contributed by atoms with E-state index in [-0.39, 0.29) is 68.9 Å². The van der Waals surface area contributed by atoms with E-state index >= 15 is 0 Å². The number of aromatic nitrogens is 1. The van der Waals surface area contributed by atoms with Crippen LogP contribution in [0.4, 0.5) is 34.1 Å². The summed E-state index contributed by atoms with van der Waals surface area (Å²) in [4.78, 5) is 4.49. The summed E-state index contributed by atoms with van der Waals surface area (Å²) in [5, 5.41) is 2.48. The molecule has 0 unspecified atom stereocenters. The molecule has 0 atom stereocenters. The van der Waals surface area contributed by atoms with Crippen LogP contribution < -0.4 is 97.6 Å². The molecule has 8 aromatic carbocycles. The minimum Gasteiger partial charge on any atom is -0.497 e. The number of nitrogens with zero attached hydrogens (tertiary/aromatic N) is 3. The van der Waals surface area contributed by atoms with E-state index in [0.29, 0.717) is 0 Å². The van der Waals surface area contributed by atoms with Gasteiger partial charge in [0.1, 0.15) is 23.0 Å². The van der Waals surface area contributed by atoms with Gasteiger partial charge >= 0.3 is 68.9 Å². The van der Waals surface area contributed by atoms with Crippen LogP contribution in [0.2, 0.25) is 0 Å². The molecule has 9 rings (SSSR count). The minimum absolute atomic E-state index is 0. The zero-order valence-corrected chi connectivity index (χ0v) is 43.6. The number of aryl methyl sites for hydroxylation is 1. The van der Waals surface area contributed by atoms with Crippen molar-refractivity contribution in [1.82, 2.24) is 4.57 Å². The van der Waals surface area contributed by atoms with Crippen LogP contribution in [0, 0.1) is 6.42 Å². The van der Waals surface area contributed by atoms with E-state index in [1.807, 2.05) is 48.5 Å². The average Bonchev–Trinajstić information content (AvgIpc) is 3.66. The number of anilines is 6. The van der Waals surface area contributed by atoms with Gasteiger partial charge in [0, 0.05) is 55.9 Å². The number of hydrogen-bond donors (Lipinski definition) is 0. The Kier molecular flexibility index (Phi) is 14.4. The number of unbranched alkanes of at least 4 members (excludes halogenated alkanes) is 1. The van der Waals surface area contributed by atoms with Crippen LogP contribution in [0.5, 0.6) is 23.0 Å². The molecule has 0 amide bonds. The first-order valence-electron chi connectivity index (χ1n) is 21.2. The van der Waals surface area contributed by atoms with Gasteiger partial charge in [-0.25, -0.2) is 0 Å². The second-order valence-corrected chi connectivity index (χ2v) is 15.4. The molecule has 0 spiro atoms. The molecule has 0 fully saturated rings. The maximum atomic E-state index is 5.47. The second kappa shape index (κ2) is 20.5. The zero-order chi connectivity index (χ0) is 43.3. The molecule has 314 valence electrons. The number of hydrogen-bond acceptors (Lipinski definition) is 6. The number of rotatable bonds is 15. The van der Waals surface area contributed by atoms with Crippen molar-refractivity contribution in [3.05, 3.63) is 188 Å². The van der Waals surface area contributed by atoms with Crippen LogP contribution in [-0.2, 0) is 6.54 Å². The van der Waals surface area contributed by atoms with Gasteiger partial charge in [-0.1, -0.05) is 36.4 Å². The molecule has 0 aliphatic heterocycles. The summed E-state index contributed by atoms with van der Waals surface area (Å²) >= 11 is 0. The first kappa shape index (κ1) is 45.0. The van der Waals surface area contributed by atoms with Gasteiger partial charge < -0.3 is 39.7 Å². The van der Waals surface area contributed by atoms with Gasteiger partial charge in [-0.15, -0.1) is 0 Å². The Balaban J connectivity index is 0.00000560. The third kappa shape index (κ3) is 9.31. The third-order valence-corrected chi connectivity index (χ3v) is 11.7. The van der Waals surface area contributed by atoms with Crippen LogP contribution in [0.25, 0.3) is 44.1 Å². The summed E-state index contributed by atoms with van der Waals surface area (Å²) in [6.07, 6.45) is 3.23. The number of ether oxygens (including phenoxy) is 4. The second-order valence-electron chi connectivity index (χ2n) is 15.4.